The zero-order valence-corrected chi connectivity index (χ0v) is 18.1. The van der Waals surface area contributed by atoms with E-state index in [2.05, 4.69) is 10.3 Å². The van der Waals surface area contributed by atoms with Crippen molar-refractivity contribution in [3.63, 3.8) is 0 Å². The molecule has 1 aliphatic heterocycles. The molecule has 9 heteroatoms. The Labute approximate surface area is 179 Å². The maximum absolute atomic E-state index is 12.7. The summed E-state index contributed by atoms with van der Waals surface area (Å²) < 4.78 is 24.7. The maximum atomic E-state index is 12.7. The normalized spacial score (nSPS) is 15.8. The van der Waals surface area contributed by atoms with Gasteiger partial charge in [0.2, 0.25) is 15.9 Å². The predicted octanol–water partition coefficient (Wildman–Crippen LogP) is 3.48. The van der Waals surface area contributed by atoms with Crippen LogP contribution >= 0.6 is 11.3 Å². The molecule has 3 aromatic rings. The number of hydrogen-bond acceptors (Lipinski definition) is 6. The molecule has 0 atom stereocenters. The number of aromatic nitrogens is 2. The summed E-state index contributed by atoms with van der Waals surface area (Å²) in [6.07, 6.45) is 5.78. The number of benzene rings is 1. The molecule has 0 radical (unpaired) electrons. The molecule has 0 unspecified atom stereocenters. The van der Waals surface area contributed by atoms with Gasteiger partial charge >= 0.3 is 0 Å². The summed E-state index contributed by atoms with van der Waals surface area (Å²) in [7, 11) is -3.20. The molecule has 1 fully saturated rings. The first kappa shape index (κ1) is 20.6. The van der Waals surface area contributed by atoms with E-state index in [1.54, 1.807) is 23.7 Å². The van der Waals surface area contributed by atoms with Gasteiger partial charge in [0.05, 0.1) is 11.9 Å². The lowest BCUT2D eigenvalue weighted by atomic mass is 9.97. The number of nitrogens with zero attached hydrogens (tertiary/aromatic N) is 3. The zero-order chi connectivity index (χ0) is 21.1. The lowest BCUT2D eigenvalue weighted by molar-refractivity contribution is -0.120. The van der Waals surface area contributed by atoms with Crippen molar-refractivity contribution in [3.8, 4) is 21.8 Å². The molecular weight excluding hydrogens is 420 g/mol. The maximum Gasteiger partial charge on any atom is 0.227 e. The molecule has 7 nitrogen and oxygen atoms in total. The van der Waals surface area contributed by atoms with Crippen molar-refractivity contribution < 1.29 is 13.2 Å². The molecule has 30 heavy (non-hydrogen) atoms. The SMILES string of the molecule is CS(=O)(=O)N1CCC(C(=O)Nc2cccc(-c3csc(-c4cccnc4)n3)c2)CC1. The fourth-order valence-corrected chi connectivity index (χ4v) is 5.17. The highest BCUT2D eigenvalue weighted by molar-refractivity contribution is 7.88. The minimum absolute atomic E-state index is 0.0744. The van der Waals surface area contributed by atoms with Crippen LogP contribution in [-0.4, -0.2) is 47.9 Å². The van der Waals surface area contributed by atoms with Crippen LogP contribution in [0.15, 0.2) is 54.2 Å². The van der Waals surface area contributed by atoms with Crippen molar-refractivity contribution in [2.45, 2.75) is 12.8 Å². The number of piperidine rings is 1. The summed E-state index contributed by atoms with van der Waals surface area (Å²) in [5, 5.41) is 5.86. The molecule has 1 aromatic carbocycles. The van der Waals surface area contributed by atoms with Crippen LogP contribution in [0.4, 0.5) is 5.69 Å². The van der Waals surface area contributed by atoms with Crippen molar-refractivity contribution in [2.24, 2.45) is 5.92 Å². The molecule has 4 rings (SSSR count). The average Bonchev–Trinajstić information content (AvgIpc) is 3.24. The van der Waals surface area contributed by atoms with Gasteiger partial charge in [-0.25, -0.2) is 17.7 Å². The Hall–Kier alpha value is -2.62. The third-order valence-electron chi connectivity index (χ3n) is 5.13. The molecule has 0 saturated carbocycles. The van der Waals surface area contributed by atoms with Crippen LogP contribution in [0.1, 0.15) is 12.8 Å². The van der Waals surface area contributed by atoms with Crippen LogP contribution in [0, 0.1) is 5.92 Å². The summed E-state index contributed by atoms with van der Waals surface area (Å²) >= 11 is 1.55. The number of rotatable bonds is 5. The Balaban J connectivity index is 1.43. The minimum Gasteiger partial charge on any atom is -0.326 e. The standard InChI is InChI=1S/C21H22N4O3S2/c1-30(27,28)25-10-7-15(8-11-25)20(26)23-18-6-2-4-16(12-18)19-14-29-21(24-19)17-5-3-9-22-13-17/h2-6,9,12-15H,7-8,10-11H2,1H3,(H,23,26). The largest absolute Gasteiger partial charge is 0.326 e. The fraction of sp³-hybridized carbons (Fsp3) is 0.286. The first-order valence-corrected chi connectivity index (χ1v) is 12.4. The van der Waals surface area contributed by atoms with Crippen molar-refractivity contribution in [3.05, 3.63) is 54.2 Å². The van der Waals surface area contributed by atoms with Gasteiger partial charge in [0.1, 0.15) is 5.01 Å². The minimum atomic E-state index is -3.20. The van der Waals surface area contributed by atoms with Crippen LogP contribution in [0.3, 0.4) is 0 Å². The van der Waals surface area contributed by atoms with Crippen LogP contribution in [0.2, 0.25) is 0 Å². The van der Waals surface area contributed by atoms with Gasteiger partial charge in [-0.2, -0.15) is 0 Å². The molecule has 1 saturated heterocycles. The van der Waals surface area contributed by atoms with E-state index in [9.17, 15) is 13.2 Å². The summed E-state index contributed by atoms with van der Waals surface area (Å²) in [4.78, 5) is 21.5. The molecule has 1 amide bonds. The van der Waals surface area contributed by atoms with Gasteiger partial charge in [0.25, 0.3) is 0 Å². The summed E-state index contributed by atoms with van der Waals surface area (Å²) in [6.45, 7) is 0.764. The number of amides is 1. The highest BCUT2D eigenvalue weighted by Gasteiger charge is 2.29. The zero-order valence-electron chi connectivity index (χ0n) is 16.5. The van der Waals surface area contributed by atoms with Crippen LogP contribution < -0.4 is 5.32 Å². The first-order valence-electron chi connectivity index (χ1n) is 9.62. The lowest BCUT2D eigenvalue weighted by Crippen LogP contribution is -2.40. The van der Waals surface area contributed by atoms with Crippen molar-refractivity contribution >= 4 is 33.0 Å². The Kier molecular flexibility index (Phi) is 5.94. The quantitative estimate of drug-likeness (QED) is 0.653. The van der Waals surface area contributed by atoms with Gasteiger partial charge in [0.15, 0.2) is 0 Å². The highest BCUT2D eigenvalue weighted by Crippen LogP contribution is 2.30. The molecule has 0 spiro atoms. The molecule has 1 N–H and O–H groups in total. The number of pyridine rings is 1. The summed E-state index contributed by atoms with van der Waals surface area (Å²) in [5.74, 6) is -0.266. The van der Waals surface area contributed by atoms with Gasteiger partial charge in [-0.15, -0.1) is 11.3 Å². The number of sulfonamides is 1. The molecule has 156 valence electrons. The van der Waals surface area contributed by atoms with E-state index < -0.39 is 10.0 Å². The van der Waals surface area contributed by atoms with Gasteiger partial charge < -0.3 is 5.32 Å². The number of thiazole rings is 1. The Morgan fingerprint density at radius 2 is 1.93 bits per heavy atom. The number of carbonyl (C=O) groups is 1. The monoisotopic (exact) mass is 442 g/mol. The molecule has 1 aliphatic rings. The Bertz CT molecular complexity index is 1140. The van der Waals surface area contributed by atoms with E-state index in [0.717, 1.165) is 21.8 Å². The predicted molar refractivity (Wildman–Crippen MR) is 119 cm³/mol. The summed E-state index contributed by atoms with van der Waals surface area (Å²) in [5.41, 5.74) is 3.44. The molecule has 2 aromatic heterocycles. The van der Waals surface area contributed by atoms with Crippen LogP contribution in [-0.2, 0) is 14.8 Å². The van der Waals surface area contributed by atoms with Crippen molar-refractivity contribution in [1.82, 2.24) is 14.3 Å². The van der Waals surface area contributed by atoms with Gasteiger partial charge in [-0.3, -0.25) is 9.78 Å². The molecule has 0 aliphatic carbocycles. The Morgan fingerprint density at radius 3 is 2.63 bits per heavy atom. The second-order valence-electron chi connectivity index (χ2n) is 7.29. The Morgan fingerprint density at radius 1 is 1.17 bits per heavy atom. The van der Waals surface area contributed by atoms with Crippen LogP contribution in [0.5, 0.6) is 0 Å². The van der Waals surface area contributed by atoms with E-state index in [-0.39, 0.29) is 11.8 Å². The van der Waals surface area contributed by atoms with Gasteiger partial charge in [-0.1, -0.05) is 12.1 Å². The van der Waals surface area contributed by atoms with Crippen molar-refractivity contribution in [1.29, 1.82) is 0 Å². The smallest absolute Gasteiger partial charge is 0.227 e. The number of nitrogens with one attached hydrogen (secondary N) is 1. The average molecular weight is 443 g/mol. The topological polar surface area (TPSA) is 92.3 Å². The highest BCUT2D eigenvalue weighted by atomic mass is 32.2. The molecular formula is C21H22N4O3S2. The molecule has 3 heterocycles. The summed E-state index contributed by atoms with van der Waals surface area (Å²) in [6, 6.07) is 11.5. The number of hydrogen-bond donors (Lipinski definition) is 1. The van der Waals surface area contributed by atoms with E-state index >= 15 is 0 Å². The lowest BCUT2D eigenvalue weighted by Gasteiger charge is -2.29. The fourth-order valence-electron chi connectivity index (χ4n) is 3.48. The second kappa shape index (κ2) is 8.63. The van der Waals surface area contributed by atoms with Crippen LogP contribution in [0.25, 0.3) is 21.8 Å². The first-order chi connectivity index (χ1) is 14.4. The van der Waals surface area contributed by atoms with E-state index in [1.165, 1.54) is 10.6 Å². The van der Waals surface area contributed by atoms with Crippen molar-refractivity contribution in [2.75, 3.05) is 24.7 Å². The van der Waals surface area contributed by atoms with Gasteiger partial charge in [-0.05, 0) is 37.1 Å². The third kappa shape index (κ3) is 4.75. The van der Waals surface area contributed by atoms with E-state index in [1.807, 2.05) is 41.8 Å². The van der Waals surface area contributed by atoms with E-state index in [4.69, 9.17) is 4.98 Å². The molecule has 0 bridgehead atoms. The van der Waals surface area contributed by atoms with E-state index in [0.29, 0.717) is 31.6 Å². The number of carbonyl (C=O) groups excluding carboxylic acids is 1. The van der Waals surface area contributed by atoms with Gasteiger partial charge in [0, 0.05) is 53.6 Å². The third-order valence-corrected chi connectivity index (χ3v) is 7.33. The number of anilines is 1. The second-order valence-corrected chi connectivity index (χ2v) is 10.1.